The van der Waals surface area contributed by atoms with Crippen LogP contribution >= 0.6 is 22.6 Å². The summed E-state index contributed by atoms with van der Waals surface area (Å²) in [6.45, 7) is 3.64. The predicted octanol–water partition coefficient (Wildman–Crippen LogP) is 0.317. The summed E-state index contributed by atoms with van der Waals surface area (Å²) in [4.78, 5) is 10.7. The Morgan fingerprint density at radius 2 is 2.15 bits per heavy atom. The van der Waals surface area contributed by atoms with Crippen LogP contribution in [0.4, 0.5) is 0 Å². The molecule has 0 unspecified atom stereocenters. The van der Waals surface area contributed by atoms with Crippen molar-refractivity contribution in [2.75, 3.05) is 0 Å². The molecule has 5 heteroatoms. The predicted molar refractivity (Wildman–Crippen MR) is 54.8 cm³/mol. The summed E-state index contributed by atoms with van der Waals surface area (Å²) in [6.07, 6.45) is -0.976. The van der Waals surface area contributed by atoms with E-state index in [1.165, 1.54) is 0 Å². The van der Waals surface area contributed by atoms with E-state index in [2.05, 4.69) is 6.58 Å². The first kappa shape index (κ1) is 10.9. The van der Waals surface area contributed by atoms with Gasteiger partial charge in [0.25, 0.3) is 0 Å². The Morgan fingerprint density at radius 1 is 1.62 bits per heavy atom. The SMILES string of the molecule is C=C1[C@H](O)C[C@@](O)(C(=O)O)C[C@H]1I. The summed E-state index contributed by atoms with van der Waals surface area (Å²) in [5.74, 6) is -1.28. The molecule has 0 heterocycles. The van der Waals surface area contributed by atoms with E-state index in [-0.39, 0.29) is 16.8 Å². The van der Waals surface area contributed by atoms with Gasteiger partial charge in [-0.15, -0.1) is 0 Å². The van der Waals surface area contributed by atoms with Crippen LogP contribution in [0.3, 0.4) is 0 Å². The molecule has 0 bridgehead atoms. The van der Waals surface area contributed by atoms with Crippen LogP contribution in [0.1, 0.15) is 12.8 Å². The third-order valence-electron chi connectivity index (χ3n) is 2.28. The van der Waals surface area contributed by atoms with E-state index >= 15 is 0 Å². The van der Waals surface area contributed by atoms with E-state index in [4.69, 9.17) is 5.11 Å². The highest BCUT2D eigenvalue weighted by molar-refractivity contribution is 14.1. The molecule has 1 rings (SSSR count). The van der Waals surface area contributed by atoms with E-state index in [1.807, 2.05) is 22.6 Å². The van der Waals surface area contributed by atoms with Crippen molar-refractivity contribution in [3.8, 4) is 0 Å². The lowest BCUT2D eigenvalue weighted by molar-refractivity contribution is -0.163. The number of hydrogen-bond acceptors (Lipinski definition) is 3. The Hall–Kier alpha value is -0.140. The van der Waals surface area contributed by atoms with Crippen molar-refractivity contribution in [1.29, 1.82) is 0 Å². The number of carboxylic acid groups (broad SMARTS) is 1. The standard InChI is InChI=1S/C8H11IO4/c1-4-5(9)2-8(13,7(11)12)3-6(4)10/h5-6,10,13H,1-3H2,(H,11,12)/t5-,6-,8-/m1/s1. The molecule has 0 aromatic rings. The second-order valence-corrected chi connectivity index (χ2v) is 4.81. The fourth-order valence-electron chi connectivity index (χ4n) is 1.35. The molecule has 74 valence electrons. The Kier molecular flexibility index (Phi) is 2.98. The summed E-state index contributed by atoms with van der Waals surface area (Å²) in [7, 11) is 0. The fraction of sp³-hybridized carbons (Fsp3) is 0.625. The van der Waals surface area contributed by atoms with Crippen LogP contribution < -0.4 is 0 Å². The zero-order chi connectivity index (χ0) is 10.2. The second-order valence-electron chi connectivity index (χ2n) is 3.30. The van der Waals surface area contributed by atoms with Crippen LogP contribution in [-0.4, -0.2) is 36.9 Å². The topological polar surface area (TPSA) is 77.8 Å². The van der Waals surface area contributed by atoms with Crippen LogP contribution in [-0.2, 0) is 4.79 Å². The fourth-order valence-corrected chi connectivity index (χ4v) is 2.49. The van der Waals surface area contributed by atoms with E-state index in [0.717, 1.165) is 0 Å². The number of carbonyl (C=O) groups is 1. The van der Waals surface area contributed by atoms with Crippen LogP contribution in [0.2, 0.25) is 0 Å². The maximum atomic E-state index is 10.7. The number of aliphatic hydroxyl groups excluding tert-OH is 1. The molecule has 1 fully saturated rings. The number of aliphatic carboxylic acids is 1. The molecule has 0 saturated heterocycles. The average molecular weight is 298 g/mol. The minimum absolute atomic E-state index is 0.110. The minimum Gasteiger partial charge on any atom is -0.479 e. The number of rotatable bonds is 1. The van der Waals surface area contributed by atoms with Crippen LogP contribution in [0.15, 0.2) is 12.2 Å². The molecule has 0 radical (unpaired) electrons. The zero-order valence-corrected chi connectivity index (χ0v) is 9.06. The molecule has 0 spiro atoms. The van der Waals surface area contributed by atoms with Crippen molar-refractivity contribution in [3.63, 3.8) is 0 Å². The van der Waals surface area contributed by atoms with Gasteiger partial charge in [0, 0.05) is 16.8 Å². The number of hydrogen-bond donors (Lipinski definition) is 3. The van der Waals surface area contributed by atoms with E-state index in [1.54, 1.807) is 0 Å². The quantitative estimate of drug-likeness (QED) is 0.370. The normalized spacial score (nSPS) is 40.4. The van der Waals surface area contributed by atoms with Gasteiger partial charge in [0.05, 0.1) is 6.10 Å². The lowest BCUT2D eigenvalue weighted by Gasteiger charge is -2.35. The number of halogens is 1. The molecular formula is C8H11IO4. The Labute approximate surface area is 89.4 Å². The first-order chi connectivity index (χ1) is 5.87. The van der Waals surface area contributed by atoms with Gasteiger partial charge < -0.3 is 15.3 Å². The second kappa shape index (κ2) is 3.55. The van der Waals surface area contributed by atoms with Crippen molar-refractivity contribution in [3.05, 3.63) is 12.2 Å². The van der Waals surface area contributed by atoms with Crippen molar-refractivity contribution >= 4 is 28.6 Å². The minimum atomic E-state index is -1.80. The molecule has 1 saturated carbocycles. The highest BCUT2D eigenvalue weighted by Crippen LogP contribution is 2.35. The van der Waals surface area contributed by atoms with Gasteiger partial charge in [-0.1, -0.05) is 29.2 Å². The van der Waals surface area contributed by atoms with Gasteiger partial charge in [-0.2, -0.15) is 0 Å². The van der Waals surface area contributed by atoms with Gasteiger partial charge in [0.1, 0.15) is 0 Å². The van der Waals surface area contributed by atoms with Crippen LogP contribution in [0.25, 0.3) is 0 Å². The van der Waals surface area contributed by atoms with Crippen molar-refractivity contribution in [2.24, 2.45) is 0 Å². The Balaban J connectivity index is 2.85. The molecule has 0 aromatic carbocycles. The average Bonchev–Trinajstić information content (AvgIpc) is 2.00. The summed E-state index contributed by atoms with van der Waals surface area (Å²) in [5, 5.41) is 27.7. The molecule has 0 aromatic heterocycles. The van der Waals surface area contributed by atoms with Gasteiger partial charge >= 0.3 is 5.97 Å². The highest BCUT2D eigenvalue weighted by atomic mass is 127. The highest BCUT2D eigenvalue weighted by Gasteiger charge is 2.45. The Morgan fingerprint density at radius 3 is 2.54 bits per heavy atom. The number of carboxylic acids is 1. The van der Waals surface area contributed by atoms with Crippen LogP contribution in [0, 0.1) is 0 Å². The van der Waals surface area contributed by atoms with Gasteiger partial charge in [-0.05, 0) is 5.57 Å². The summed E-state index contributed by atoms with van der Waals surface area (Å²) in [5.41, 5.74) is -1.21. The monoisotopic (exact) mass is 298 g/mol. The lowest BCUT2D eigenvalue weighted by Crippen LogP contribution is -2.48. The van der Waals surface area contributed by atoms with Crippen molar-refractivity contribution in [2.45, 2.75) is 28.5 Å². The van der Waals surface area contributed by atoms with Gasteiger partial charge in [-0.3, -0.25) is 0 Å². The molecule has 0 amide bonds. The van der Waals surface area contributed by atoms with Crippen molar-refractivity contribution < 1.29 is 20.1 Å². The maximum Gasteiger partial charge on any atom is 0.335 e. The van der Waals surface area contributed by atoms with Gasteiger partial charge in [-0.25, -0.2) is 4.79 Å². The largest absolute Gasteiger partial charge is 0.479 e. The maximum absolute atomic E-state index is 10.7. The first-order valence-corrected chi connectivity index (χ1v) is 5.08. The molecule has 1 aliphatic rings. The van der Waals surface area contributed by atoms with E-state index in [0.29, 0.717) is 5.57 Å². The van der Waals surface area contributed by atoms with Gasteiger partial charge in [0.15, 0.2) is 5.60 Å². The zero-order valence-electron chi connectivity index (χ0n) is 6.90. The van der Waals surface area contributed by atoms with E-state index in [9.17, 15) is 15.0 Å². The molecule has 0 aliphatic heterocycles. The molecule has 3 N–H and O–H groups in total. The first-order valence-electron chi connectivity index (χ1n) is 3.83. The lowest BCUT2D eigenvalue weighted by atomic mass is 9.81. The third kappa shape index (κ3) is 2.03. The van der Waals surface area contributed by atoms with Crippen LogP contribution in [0.5, 0.6) is 0 Å². The van der Waals surface area contributed by atoms with Crippen molar-refractivity contribution in [1.82, 2.24) is 0 Å². The Bertz CT molecular complexity index is 237. The number of aliphatic hydroxyl groups is 2. The molecule has 3 atom stereocenters. The molecule has 1 aliphatic carbocycles. The summed E-state index contributed by atoms with van der Waals surface area (Å²) >= 11 is 1.97. The molecule has 13 heavy (non-hydrogen) atoms. The summed E-state index contributed by atoms with van der Waals surface area (Å²) < 4.78 is -0.192. The molecular weight excluding hydrogens is 287 g/mol. The van der Waals surface area contributed by atoms with Gasteiger partial charge in [0.2, 0.25) is 0 Å². The summed E-state index contributed by atoms with van der Waals surface area (Å²) in [6, 6.07) is 0. The van der Waals surface area contributed by atoms with E-state index < -0.39 is 17.7 Å². The molecule has 4 nitrogen and oxygen atoms in total. The number of alkyl halides is 1. The third-order valence-corrected chi connectivity index (χ3v) is 3.52. The smallest absolute Gasteiger partial charge is 0.335 e.